The van der Waals surface area contributed by atoms with Gasteiger partial charge in [0.05, 0.1) is 19.0 Å². The van der Waals surface area contributed by atoms with Crippen LogP contribution in [0.1, 0.15) is 38.5 Å². The van der Waals surface area contributed by atoms with Crippen molar-refractivity contribution in [3.8, 4) is 0 Å². The fourth-order valence-corrected chi connectivity index (χ4v) is 5.13. The van der Waals surface area contributed by atoms with Crippen molar-refractivity contribution in [1.29, 1.82) is 0 Å². The molecule has 106 valence electrons. The first-order valence-corrected chi connectivity index (χ1v) is 8.09. The SMILES string of the molecule is COC1=CC[C@H]2[C@@H](CCN3[C@@H]2CCN2CCC[C@H]23)C1. The lowest BCUT2D eigenvalue weighted by molar-refractivity contribution is -0.0735. The number of ether oxygens (including phenoxy) is 1. The van der Waals surface area contributed by atoms with Gasteiger partial charge in [0.1, 0.15) is 0 Å². The molecule has 1 aliphatic carbocycles. The molecular weight excluding hydrogens is 236 g/mol. The second kappa shape index (κ2) is 4.78. The van der Waals surface area contributed by atoms with Gasteiger partial charge in [-0.3, -0.25) is 9.80 Å². The molecule has 3 heterocycles. The molecule has 0 unspecified atom stereocenters. The Morgan fingerprint density at radius 1 is 1.16 bits per heavy atom. The van der Waals surface area contributed by atoms with Crippen molar-refractivity contribution in [1.82, 2.24) is 9.80 Å². The minimum absolute atomic E-state index is 0.785. The highest BCUT2D eigenvalue weighted by molar-refractivity contribution is 5.08. The summed E-state index contributed by atoms with van der Waals surface area (Å²) in [6, 6.07) is 0.854. The van der Waals surface area contributed by atoms with Gasteiger partial charge in [0.25, 0.3) is 0 Å². The van der Waals surface area contributed by atoms with Crippen LogP contribution in [0.4, 0.5) is 0 Å². The van der Waals surface area contributed by atoms with Crippen molar-refractivity contribution in [2.75, 3.05) is 26.7 Å². The predicted octanol–water partition coefficient (Wildman–Crippen LogP) is 2.44. The minimum atomic E-state index is 0.785. The molecule has 0 aromatic rings. The molecule has 3 aliphatic heterocycles. The molecule has 0 aromatic heterocycles. The summed E-state index contributed by atoms with van der Waals surface area (Å²) in [7, 11) is 1.83. The van der Waals surface area contributed by atoms with E-state index < -0.39 is 0 Å². The van der Waals surface area contributed by atoms with Gasteiger partial charge in [0.15, 0.2) is 0 Å². The Kier molecular flexibility index (Phi) is 3.07. The minimum Gasteiger partial charge on any atom is -0.501 e. The van der Waals surface area contributed by atoms with Crippen LogP contribution >= 0.6 is 0 Å². The van der Waals surface area contributed by atoms with E-state index in [0.717, 1.165) is 24.0 Å². The number of piperidine rings is 1. The van der Waals surface area contributed by atoms with E-state index in [1.54, 1.807) is 0 Å². The Bertz CT molecular complexity index is 381. The molecule has 0 saturated carbocycles. The van der Waals surface area contributed by atoms with Crippen LogP contribution in [0, 0.1) is 11.8 Å². The van der Waals surface area contributed by atoms with Crippen LogP contribution in [0.3, 0.4) is 0 Å². The van der Waals surface area contributed by atoms with E-state index >= 15 is 0 Å². The molecule has 0 aromatic carbocycles. The van der Waals surface area contributed by atoms with Gasteiger partial charge in [0, 0.05) is 25.6 Å². The molecule has 19 heavy (non-hydrogen) atoms. The molecule has 0 amide bonds. The fourth-order valence-electron chi connectivity index (χ4n) is 5.13. The van der Waals surface area contributed by atoms with E-state index in [9.17, 15) is 0 Å². The number of allylic oxidation sites excluding steroid dienone is 2. The first-order chi connectivity index (χ1) is 9.36. The highest BCUT2D eigenvalue weighted by Crippen LogP contribution is 2.44. The van der Waals surface area contributed by atoms with Gasteiger partial charge in [-0.2, -0.15) is 0 Å². The summed E-state index contributed by atoms with van der Waals surface area (Å²) in [6.07, 6.45) is 11.2. The quantitative estimate of drug-likeness (QED) is 0.722. The second-order valence-electron chi connectivity index (χ2n) is 6.78. The maximum Gasteiger partial charge on any atom is 0.0918 e. The molecule has 0 spiro atoms. The van der Waals surface area contributed by atoms with Crippen LogP contribution < -0.4 is 0 Å². The van der Waals surface area contributed by atoms with Crippen molar-refractivity contribution < 1.29 is 4.74 Å². The molecule has 3 heteroatoms. The van der Waals surface area contributed by atoms with E-state index in [4.69, 9.17) is 4.74 Å². The molecule has 4 rings (SSSR count). The maximum atomic E-state index is 5.48. The molecule has 4 aliphatic rings. The van der Waals surface area contributed by atoms with E-state index in [1.165, 1.54) is 63.9 Å². The third-order valence-electron chi connectivity index (χ3n) is 6.05. The molecule has 3 fully saturated rings. The number of fused-ring (bicyclic) bond motifs is 5. The summed E-state index contributed by atoms with van der Waals surface area (Å²) < 4.78 is 5.48. The van der Waals surface area contributed by atoms with Crippen molar-refractivity contribution >= 4 is 0 Å². The number of methoxy groups -OCH3 is 1. The lowest BCUT2D eigenvalue weighted by atomic mass is 9.71. The van der Waals surface area contributed by atoms with E-state index in [2.05, 4.69) is 15.9 Å². The van der Waals surface area contributed by atoms with Crippen LogP contribution in [0.25, 0.3) is 0 Å². The van der Waals surface area contributed by atoms with Gasteiger partial charge in [-0.15, -0.1) is 0 Å². The van der Waals surface area contributed by atoms with Gasteiger partial charge in [-0.05, 0) is 56.6 Å². The van der Waals surface area contributed by atoms with E-state index in [0.29, 0.717) is 0 Å². The van der Waals surface area contributed by atoms with Crippen LogP contribution in [-0.4, -0.2) is 48.8 Å². The van der Waals surface area contributed by atoms with Crippen molar-refractivity contribution in [2.45, 2.75) is 50.7 Å². The Labute approximate surface area is 116 Å². The predicted molar refractivity (Wildman–Crippen MR) is 75.6 cm³/mol. The summed E-state index contributed by atoms with van der Waals surface area (Å²) >= 11 is 0. The van der Waals surface area contributed by atoms with Gasteiger partial charge < -0.3 is 4.74 Å². The number of nitrogens with zero attached hydrogens (tertiary/aromatic N) is 2. The zero-order chi connectivity index (χ0) is 12.8. The molecule has 4 atom stereocenters. The first kappa shape index (κ1) is 12.2. The van der Waals surface area contributed by atoms with Crippen molar-refractivity contribution in [3.05, 3.63) is 11.8 Å². The van der Waals surface area contributed by atoms with Gasteiger partial charge in [-0.25, -0.2) is 0 Å². The smallest absolute Gasteiger partial charge is 0.0918 e. The summed E-state index contributed by atoms with van der Waals surface area (Å²) in [5, 5.41) is 0. The lowest BCUT2D eigenvalue weighted by Crippen LogP contribution is -2.61. The topological polar surface area (TPSA) is 15.7 Å². The Balaban J connectivity index is 1.54. The Hall–Kier alpha value is -0.540. The fraction of sp³-hybridized carbons (Fsp3) is 0.875. The van der Waals surface area contributed by atoms with Crippen LogP contribution in [0.2, 0.25) is 0 Å². The maximum absolute atomic E-state index is 5.48. The molecular formula is C16H26N2O. The lowest BCUT2D eigenvalue weighted by Gasteiger charge is -2.54. The average Bonchev–Trinajstić information content (AvgIpc) is 2.94. The van der Waals surface area contributed by atoms with Crippen LogP contribution in [0.5, 0.6) is 0 Å². The van der Waals surface area contributed by atoms with Crippen molar-refractivity contribution in [3.63, 3.8) is 0 Å². The Morgan fingerprint density at radius 2 is 2.11 bits per heavy atom. The standard InChI is InChI=1S/C16H26N2O/c1-19-13-4-5-14-12(11-13)6-10-18-15(14)7-9-17-8-2-3-16(17)18/h4,12,14-16H,2-3,5-11H2,1H3/t12-,14-,15+,16+/m0/s1. The van der Waals surface area contributed by atoms with Crippen molar-refractivity contribution in [2.24, 2.45) is 11.8 Å². The summed E-state index contributed by atoms with van der Waals surface area (Å²) in [6.45, 7) is 4.01. The van der Waals surface area contributed by atoms with Crippen LogP contribution in [-0.2, 0) is 4.74 Å². The molecule has 3 nitrogen and oxygen atoms in total. The van der Waals surface area contributed by atoms with Gasteiger partial charge in [0.2, 0.25) is 0 Å². The molecule has 0 N–H and O–H groups in total. The normalized spacial score (nSPS) is 43.1. The number of hydrogen-bond acceptors (Lipinski definition) is 3. The third kappa shape index (κ3) is 1.93. The van der Waals surface area contributed by atoms with Gasteiger partial charge in [-0.1, -0.05) is 0 Å². The molecule has 3 saturated heterocycles. The molecule has 0 radical (unpaired) electrons. The summed E-state index contributed by atoms with van der Waals surface area (Å²) in [5.74, 6) is 3.03. The second-order valence-corrected chi connectivity index (χ2v) is 6.78. The summed E-state index contributed by atoms with van der Waals surface area (Å²) in [5.41, 5.74) is 0. The monoisotopic (exact) mass is 262 g/mol. The number of hydrogen-bond donors (Lipinski definition) is 0. The zero-order valence-electron chi connectivity index (χ0n) is 12.1. The Morgan fingerprint density at radius 3 is 3.00 bits per heavy atom. The largest absolute Gasteiger partial charge is 0.501 e. The third-order valence-corrected chi connectivity index (χ3v) is 6.05. The van der Waals surface area contributed by atoms with Crippen LogP contribution in [0.15, 0.2) is 11.8 Å². The first-order valence-electron chi connectivity index (χ1n) is 8.09. The van der Waals surface area contributed by atoms with E-state index in [1.807, 2.05) is 7.11 Å². The number of rotatable bonds is 1. The highest BCUT2D eigenvalue weighted by Gasteiger charge is 2.46. The van der Waals surface area contributed by atoms with Gasteiger partial charge >= 0.3 is 0 Å². The molecule has 0 bridgehead atoms. The zero-order valence-corrected chi connectivity index (χ0v) is 12.1. The summed E-state index contributed by atoms with van der Waals surface area (Å²) in [4.78, 5) is 5.60. The average molecular weight is 262 g/mol. The van der Waals surface area contributed by atoms with E-state index in [-0.39, 0.29) is 0 Å². The highest BCUT2D eigenvalue weighted by atomic mass is 16.5.